The molecule has 10 heteroatoms. The Kier molecular flexibility index (Phi) is 5.69. The minimum atomic E-state index is -5.06. The highest BCUT2D eigenvalue weighted by molar-refractivity contribution is 6.02. The molecule has 0 aromatic heterocycles. The van der Waals surface area contributed by atoms with E-state index in [1.807, 2.05) is 0 Å². The summed E-state index contributed by atoms with van der Waals surface area (Å²) in [6.07, 6.45) is -8.27. The molecule has 2 atom stereocenters. The molecule has 0 bridgehead atoms. The highest BCUT2D eigenvalue weighted by atomic mass is 19.4. The number of benzene rings is 2. The standard InChI is InChI=1S/C24H22F6N2O2/c1-22(14-9-15(23(25,26)27)11-16(10-14)24(28,29)30)19(20(33)31-12-13-7-8-13)17-5-3-4-6-18(17)21(34)32(22)2/h3-6,9-11,13,19H,7-8,12H2,1-2H3,(H,31,33). The molecular weight excluding hydrogens is 462 g/mol. The van der Waals surface area contributed by atoms with E-state index in [1.54, 1.807) is 12.1 Å². The highest BCUT2D eigenvalue weighted by Gasteiger charge is 2.52. The van der Waals surface area contributed by atoms with Crippen LogP contribution in [0.3, 0.4) is 0 Å². The Bertz CT molecular complexity index is 1110. The second-order valence-electron chi connectivity index (χ2n) is 9.02. The Morgan fingerprint density at radius 1 is 1.03 bits per heavy atom. The number of carbonyl (C=O) groups excluding carboxylic acids is 2. The van der Waals surface area contributed by atoms with E-state index >= 15 is 0 Å². The maximum Gasteiger partial charge on any atom is 0.416 e. The van der Waals surface area contributed by atoms with Gasteiger partial charge in [-0.1, -0.05) is 18.2 Å². The fourth-order valence-corrected chi connectivity index (χ4v) is 4.50. The van der Waals surface area contributed by atoms with Crippen LogP contribution < -0.4 is 5.32 Å². The minimum Gasteiger partial charge on any atom is -0.355 e. The quantitative estimate of drug-likeness (QED) is 0.596. The van der Waals surface area contributed by atoms with Crippen molar-refractivity contribution in [2.24, 2.45) is 5.92 Å². The summed E-state index contributed by atoms with van der Waals surface area (Å²) in [5.74, 6) is -2.10. The molecule has 2 amide bonds. The van der Waals surface area contributed by atoms with E-state index in [2.05, 4.69) is 5.32 Å². The predicted octanol–water partition coefficient (Wildman–Crippen LogP) is 5.34. The summed E-state index contributed by atoms with van der Waals surface area (Å²) in [6, 6.07) is 7.38. The molecule has 4 rings (SSSR count). The van der Waals surface area contributed by atoms with Crippen LogP contribution in [0.25, 0.3) is 0 Å². The van der Waals surface area contributed by atoms with E-state index in [0.29, 0.717) is 24.6 Å². The first-order valence-electron chi connectivity index (χ1n) is 10.7. The third kappa shape index (κ3) is 4.14. The van der Waals surface area contributed by atoms with Gasteiger partial charge in [0.05, 0.1) is 22.6 Å². The van der Waals surface area contributed by atoms with Crippen molar-refractivity contribution in [1.82, 2.24) is 10.2 Å². The van der Waals surface area contributed by atoms with Gasteiger partial charge in [0.15, 0.2) is 0 Å². The number of amides is 2. The van der Waals surface area contributed by atoms with Gasteiger partial charge in [0.2, 0.25) is 5.91 Å². The number of fused-ring (bicyclic) bond motifs is 1. The Morgan fingerprint density at radius 3 is 2.12 bits per heavy atom. The molecule has 0 spiro atoms. The zero-order chi connectivity index (χ0) is 25.1. The number of hydrogen-bond acceptors (Lipinski definition) is 2. The second kappa shape index (κ2) is 8.02. The minimum absolute atomic E-state index is 0.0353. The van der Waals surface area contributed by atoms with Gasteiger partial charge in [-0.2, -0.15) is 26.3 Å². The van der Waals surface area contributed by atoms with Gasteiger partial charge in [-0.05, 0) is 61.1 Å². The van der Waals surface area contributed by atoms with Gasteiger partial charge in [0.1, 0.15) is 0 Å². The molecule has 2 aromatic rings. The molecule has 34 heavy (non-hydrogen) atoms. The summed E-state index contributed by atoms with van der Waals surface area (Å²) < 4.78 is 81.5. The molecule has 1 N–H and O–H groups in total. The molecule has 2 aromatic carbocycles. The molecule has 2 unspecified atom stereocenters. The fourth-order valence-electron chi connectivity index (χ4n) is 4.50. The number of carbonyl (C=O) groups is 2. The molecule has 1 fully saturated rings. The number of rotatable bonds is 4. The molecule has 1 heterocycles. The maximum atomic E-state index is 13.6. The van der Waals surface area contributed by atoms with Crippen molar-refractivity contribution in [2.75, 3.05) is 13.6 Å². The van der Waals surface area contributed by atoms with Crippen LogP contribution in [0.1, 0.15) is 58.3 Å². The van der Waals surface area contributed by atoms with Gasteiger partial charge in [-0.15, -0.1) is 0 Å². The zero-order valence-corrected chi connectivity index (χ0v) is 18.3. The lowest BCUT2D eigenvalue weighted by Crippen LogP contribution is -2.57. The Hall–Kier alpha value is -3.04. The Labute approximate surface area is 191 Å². The van der Waals surface area contributed by atoms with E-state index in [1.165, 1.54) is 26.1 Å². The van der Waals surface area contributed by atoms with Crippen LogP contribution in [0.4, 0.5) is 26.3 Å². The van der Waals surface area contributed by atoms with Crippen molar-refractivity contribution in [2.45, 2.75) is 43.6 Å². The maximum absolute atomic E-state index is 13.6. The van der Waals surface area contributed by atoms with Crippen LogP contribution in [0.2, 0.25) is 0 Å². The SMILES string of the molecule is CN1C(=O)c2ccccc2C(C(=O)NCC2CC2)C1(C)c1cc(C(F)(F)F)cc(C(F)(F)F)c1. The van der Waals surface area contributed by atoms with Crippen LogP contribution in [-0.4, -0.2) is 30.3 Å². The smallest absolute Gasteiger partial charge is 0.355 e. The van der Waals surface area contributed by atoms with Gasteiger partial charge < -0.3 is 10.2 Å². The summed E-state index contributed by atoms with van der Waals surface area (Å²) in [7, 11) is 1.28. The van der Waals surface area contributed by atoms with Gasteiger partial charge in [-0.3, -0.25) is 9.59 Å². The molecule has 1 aliphatic carbocycles. The first-order chi connectivity index (χ1) is 15.7. The largest absolute Gasteiger partial charge is 0.416 e. The summed E-state index contributed by atoms with van der Waals surface area (Å²) in [5.41, 5.74) is -4.82. The van der Waals surface area contributed by atoms with Crippen molar-refractivity contribution in [1.29, 1.82) is 0 Å². The van der Waals surface area contributed by atoms with Crippen LogP contribution in [0.15, 0.2) is 42.5 Å². The van der Waals surface area contributed by atoms with Crippen molar-refractivity contribution in [3.63, 3.8) is 0 Å². The number of nitrogens with one attached hydrogen (secondary N) is 1. The summed E-state index contributed by atoms with van der Waals surface area (Å²) >= 11 is 0. The first-order valence-corrected chi connectivity index (χ1v) is 10.7. The molecule has 1 aliphatic heterocycles. The summed E-state index contributed by atoms with van der Waals surface area (Å²) in [4.78, 5) is 27.6. The number of nitrogens with zero attached hydrogens (tertiary/aromatic N) is 1. The van der Waals surface area contributed by atoms with Crippen molar-refractivity contribution >= 4 is 11.8 Å². The number of halogens is 6. The molecule has 2 aliphatic rings. The predicted molar refractivity (Wildman–Crippen MR) is 111 cm³/mol. The summed E-state index contributed by atoms with van der Waals surface area (Å²) in [5, 5.41) is 2.78. The Balaban J connectivity index is 1.94. The lowest BCUT2D eigenvalue weighted by Gasteiger charge is -2.48. The third-order valence-electron chi connectivity index (χ3n) is 6.76. The van der Waals surface area contributed by atoms with E-state index in [-0.39, 0.29) is 17.2 Å². The zero-order valence-electron chi connectivity index (χ0n) is 18.3. The molecule has 1 saturated carbocycles. The monoisotopic (exact) mass is 484 g/mol. The van der Waals surface area contributed by atoms with Gasteiger partial charge in [0, 0.05) is 19.2 Å². The Morgan fingerprint density at radius 2 is 1.59 bits per heavy atom. The lowest BCUT2D eigenvalue weighted by atomic mass is 9.69. The number of alkyl halides is 6. The van der Waals surface area contributed by atoms with E-state index < -0.39 is 52.3 Å². The molecular formula is C24H22F6N2O2. The van der Waals surface area contributed by atoms with Crippen LogP contribution in [0.5, 0.6) is 0 Å². The van der Waals surface area contributed by atoms with Crippen LogP contribution in [0, 0.1) is 5.92 Å². The van der Waals surface area contributed by atoms with Crippen molar-refractivity contribution in [3.8, 4) is 0 Å². The van der Waals surface area contributed by atoms with E-state index in [4.69, 9.17) is 0 Å². The molecule has 182 valence electrons. The fraction of sp³-hybridized carbons (Fsp3) is 0.417. The number of hydrogen-bond donors (Lipinski definition) is 1. The lowest BCUT2D eigenvalue weighted by molar-refractivity contribution is -0.143. The third-order valence-corrected chi connectivity index (χ3v) is 6.76. The van der Waals surface area contributed by atoms with E-state index in [0.717, 1.165) is 17.7 Å². The van der Waals surface area contributed by atoms with Crippen LogP contribution >= 0.6 is 0 Å². The average Bonchev–Trinajstić information content (AvgIpc) is 3.59. The second-order valence-corrected chi connectivity index (χ2v) is 9.02. The first kappa shape index (κ1) is 24.1. The highest BCUT2D eigenvalue weighted by Crippen LogP contribution is 2.49. The van der Waals surface area contributed by atoms with Gasteiger partial charge in [-0.25, -0.2) is 0 Å². The van der Waals surface area contributed by atoms with E-state index in [9.17, 15) is 35.9 Å². The number of likely N-dealkylation sites (N-methyl/N-ethyl adjacent to an activating group) is 1. The summed E-state index contributed by atoms with van der Waals surface area (Å²) in [6.45, 7) is 1.68. The van der Waals surface area contributed by atoms with Crippen LogP contribution in [-0.2, 0) is 22.7 Å². The molecule has 0 saturated heterocycles. The van der Waals surface area contributed by atoms with Crippen molar-refractivity contribution in [3.05, 3.63) is 70.3 Å². The average molecular weight is 484 g/mol. The van der Waals surface area contributed by atoms with Gasteiger partial charge in [0.25, 0.3) is 5.91 Å². The van der Waals surface area contributed by atoms with Crippen molar-refractivity contribution < 1.29 is 35.9 Å². The molecule has 0 radical (unpaired) electrons. The normalized spacial score (nSPS) is 23.0. The topological polar surface area (TPSA) is 49.4 Å². The molecule has 4 nitrogen and oxygen atoms in total. The van der Waals surface area contributed by atoms with Gasteiger partial charge >= 0.3 is 12.4 Å².